The highest BCUT2D eigenvalue weighted by molar-refractivity contribution is 6.10. The highest BCUT2D eigenvalue weighted by Gasteiger charge is 2.47. The van der Waals surface area contributed by atoms with Crippen LogP contribution >= 0.6 is 0 Å². The number of hydrogen-bond acceptors (Lipinski definition) is 4. The molecule has 1 aliphatic heterocycles. The number of para-hydroxylation sites is 1. The number of benzene rings is 2. The van der Waals surface area contributed by atoms with Gasteiger partial charge in [-0.2, -0.15) is 5.10 Å². The Bertz CT molecular complexity index is 1190. The van der Waals surface area contributed by atoms with Crippen LogP contribution in [0.2, 0.25) is 0 Å². The minimum atomic E-state index is -1.04. The quantitative estimate of drug-likeness (QED) is 0.545. The number of aryl methyl sites for hydroxylation is 2. The first-order valence-corrected chi connectivity index (χ1v) is 10.9. The molecule has 2 N–H and O–H groups in total. The molecular weight excluding hydrogens is 418 g/mol. The fourth-order valence-corrected chi connectivity index (χ4v) is 4.07. The van der Waals surface area contributed by atoms with Crippen LogP contribution < -0.4 is 10.6 Å². The molecule has 0 saturated carbocycles. The molecule has 1 fully saturated rings. The van der Waals surface area contributed by atoms with Crippen LogP contribution in [0.25, 0.3) is 5.69 Å². The number of nitrogens with zero attached hydrogens (tertiary/aromatic N) is 3. The number of aromatic nitrogens is 2. The van der Waals surface area contributed by atoms with Crippen molar-refractivity contribution in [3.63, 3.8) is 0 Å². The van der Waals surface area contributed by atoms with E-state index in [1.165, 1.54) is 0 Å². The lowest BCUT2D eigenvalue weighted by Crippen LogP contribution is -2.45. The zero-order chi connectivity index (χ0) is 23.6. The smallest absolute Gasteiger partial charge is 0.323 e. The number of carbonyl (C=O) groups is 3. The standard InChI is InChI=1S/C25H27N5O3/c1-17-22(18(2)30(28-17)20-12-8-5-9-13-20)26-21(31)16-29-23(32)25(3,27-24(29)33)15-14-19-10-6-4-7-11-19/h4-13H,14-16H2,1-3H3,(H,26,31)(H,27,33). The van der Waals surface area contributed by atoms with E-state index in [-0.39, 0.29) is 6.54 Å². The van der Waals surface area contributed by atoms with Gasteiger partial charge in [0.25, 0.3) is 5.91 Å². The summed E-state index contributed by atoms with van der Waals surface area (Å²) in [7, 11) is 0. The van der Waals surface area contributed by atoms with Crippen LogP contribution in [0.15, 0.2) is 60.7 Å². The fraction of sp³-hybridized carbons (Fsp3) is 0.280. The number of anilines is 1. The molecule has 4 amide bonds. The number of rotatable bonds is 7. The third-order valence-electron chi connectivity index (χ3n) is 5.96. The summed E-state index contributed by atoms with van der Waals surface area (Å²) in [5.41, 5.74) is 2.89. The zero-order valence-electron chi connectivity index (χ0n) is 19.0. The van der Waals surface area contributed by atoms with E-state index in [1.54, 1.807) is 18.5 Å². The van der Waals surface area contributed by atoms with Crippen LogP contribution in [0.1, 0.15) is 30.3 Å². The van der Waals surface area contributed by atoms with E-state index in [2.05, 4.69) is 15.7 Å². The number of carbonyl (C=O) groups excluding carboxylic acids is 3. The van der Waals surface area contributed by atoms with Gasteiger partial charge in [0.05, 0.1) is 22.8 Å². The van der Waals surface area contributed by atoms with Crippen LogP contribution in [-0.2, 0) is 16.0 Å². The van der Waals surface area contributed by atoms with E-state index >= 15 is 0 Å². The maximum Gasteiger partial charge on any atom is 0.325 e. The van der Waals surface area contributed by atoms with Gasteiger partial charge in [0.15, 0.2) is 0 Å². The van der Waals surface area contributed by atoms with Gasteiger partial charge in [0, 0.05) is 0 Å². The molecular formula is C25H27N5O3. The van der Waals surface area contributed by atoms with Gasteiger partial charge in [-0.25, -0.2) is 9.48 Å². The first kappa shape index (κ1) is 22.3. The van der Waals surface area contributed by atoms with Gasteiger partial charge in [-0.3, -0.25) is 14.5 Å². The summed E-state index contributed by atoms with van der Waals surface area (Å²) in [6.07, 6.45) is 1.09. The fourth-order valence-electron chi connectivity index (χ4n) is 4.07. The van der Waals surface area contributed by atoms with E-state index in [4.69, 9.17) is 0 Å². The molecule has 1 aliphatic rings. The average molecular weight is 446 g/mol. The molecule has 1 aromatic heterocycles. The van der Waals surface area contributed by atoms with Gasteiger partial charge < -0.3 is 10.6 Å². The minimum Gasteiger partial charge on any atom is -0.323 e. The molecule has 2 aromatic carbocycles. The van der Waals surface area contributed by atoms with Gasteiger partial charge in [-0.05, 0) is 51.3 Å². The monoisotopic (exact) mass is 445 g/mol. The number of imide groups is 1. The summed E-state index contributed by atoms with van der Waals surface area (Å²) >= 11 is 0. The Balaban J connectivity index is 1.43. The van der Waals surface area contributed by atoms with Gasteiger partial charge >= 0.3 is 6.03 Å². The summed E-state index contributed by atoms with van der Waals surface area (Å²) < 4.78 is 1.75. The normalized spacial score (nSPS) is 17.8. The Hall–Kier alpha value is -3.94. The average Bonchev–Trinajstić information content (AvgIpc) is 3.21. The third-order valence-corrected chi connectivity index (χ3v) is 5.96. The Kier molecular flexibility index (Phi) is 6.00. The summed E-state index contributed by atoms with van der Waals surface area (Å²) in [6.45, 7) is 5.00. The molecule has 1 saturated heterocycles. The minimum absolute atomic E-state index is 0.360. The van der Waals surface area contributed by atoms with Crippen molar-refractivity contribution >= 4 is 23.5 Å². The molecule has 2 heterocycles. The molecule has 1 atom stereocenters. The second-order valence-electron chi connectivity index (χ2n) is 8.48. The SMILES string of the molecule is Cc1nn(-c2ccccc2)c(C)c1NC(=O)CN1C(=O)NC(C)(CCc2ccccc2)C1=O. The summed E-state index contributed by atoms with van der Waals surface area (Å²) in [5, 5.41) is 10.1. The lowest BCUT2D eigenvalue weighted by molar-refractivity contribution is -0.133. The molecule has 8 nitrogen and oxygen atoms in total. The van der Waals surface area contributed by atoms with E-state index < -0.39 is 23.4 Å². The van der Waals surface area contributed by atoms with Gasteiger partial charge in [0.2, 0.25) is 5.91 Å². The van der Waals surface area contributed by atoms with Crippen molar-refractivity contribution in [3.05, 3.63) is 77.6 Å². The maximum atomic E-state index is 13.0. The van der Waals surface area contributed by atoms with Crippen LogP contribution in [-0.4, -0.2) is 44.6 Å². The van der Waals surface area contributed by atoms with Crippen LogP contribution in [0, 0.1) is 13.8 Å². The number of amides is 4. The first-order chi connectivity index (χ1) is 15.8. The second-order valence-corrected chi connectivity index (χ2v) is 8.48. The van der Waals surface area contributed by atoms with Crippen molar-refractivity contribution in [1.82, 2.24) is 20.0 Å². The molecule has 0 spiro atoms. The van der Waals surface area contributed by atoms with Gasteiger partial charge in [-0.1, -0.05) is 48.5 Å². The van der Waals surface area contributed by atoms with Crippen molar-refractivity contribution in [1.29, 1.82) is 0 Å². The lowest BCUT2D eigenvalue weighted by Gasteiger charge is -2.21. The number of nitrogens with one attached hydrogen (secondary N) is 2. The highest BCUT2D eigenvalue weighted by atomic mass is 16.2. The summed E-state index contributed by atoms with van der Waals surface area (Å²) in [5.74, 6) is -0.850. The number of urea groups is 1. The molecule has 0 aliphatic carbocycles. The largest absolute Gasteiger partial charge is 0.325 e. The predicted octanol–water partition coefficient (Wildman–Crippen LogP) is 3.37. The molecule has 8 heteroatoms. The lowest BCUT2D eigenvalue weighted by atomic mass is 9.93. The Labute approximate surface area is 192 Å². The first-order valence-electron chi connectivity index (χ1n) is 10.9. The Morgan fingerprint density at radius 2 is 1.67 bits per heavy atom. The topological polar surface area (TPSA) is 96.3 Å². The van der Waals surface area contributed by atoms with Crippen molar-refractivity contribution in [3.8, 4) is 5.69 Å². The van der Waals surface area contributed by atoms with Gasteiger partial charge in [0.1, 0.15) is 12.1 Å². The highest BCUT2D eigenvalue weighted by Crippen LogP contribution is 2.25. The van der Waals surface area contributed by atoms with Gasteiger partial charge in [-0.15, -0.1) is 0 Å². The van der Waals surface area contributed by atoms with Crippen molar-refractivity contribution in [2.75, 3.05) is 11.9 Å². The van der Waals surface area contributed by atoms with E-state index in [1.807, 2.05) is 67.6 Å². The number of hydrogen-bond donors (Lipinski definition) is 2. The molecule has 1 unspecified atom stereocenters. The Morgan fingerprint density at radius 1 is 1.03 bits per heavy atom. The molecule has 4 rings (SSSR count). The molecule has 170 valence electrons. The van der Waals surface area contributed by atoms with E-state index in [9.17, 15) is 14.4 Å². The molecule has 3 aromatic rings. The Morgan fingerprint density at radius 3 is 2.33 bits per heavy atom. The molecule has 0 bridgehead atoms. The van der Waals surface area contributed by atoms with Crippen LogP contribution in [0.5, 0.6) is 0 Å². The predicted molar refractivity (Wildman–Crippen MR) is 125 cm³/mol. The third kappa shape index (κ3) is 4.50. The maximum absolute atomic E-state index is 13.0. The molecule has 33 heavy (non-hydrogen) atoms. The van der Waals surface area contributed by atoms with Crippen molar-refractivity contribution in [2.45, 2.75) is 39.2 Å². The van der Waals surface area contributed by atoms with Crippen LogP contribution in [0.3, 0.4) is 0 Å². The summed E-state index contributed by atoms with van der Waals surface area (Å²) in [4.78, 5) is 39.3. The molecule has 0 radical (unpaired) electrons. The second kappa shape index (κ2) is 8.90. The summed E-state index contributed by atoms with van der Waals surface area (Å²) in [6, 6.07) is 18.8. The van der Waals surface area contributed by atoms with E-state index in [0.717, 1.165) is 21.8 Å². The van der Waals surface area contributed by atoms with Crippen molar-refractivity contribution < 1.29 is 14.4 Å². The van der Waals surface area contributed by atoms with Crippen molar-refractivity contribution in [2.24, 2.45) is 0 Å². The van der Waals surface area contributed by atoms with Crippen LogP contribution in [0.4, 0.5) is 10.5 Å². The van der Waals surface area contributed by atoms with E-state index in [0.29, 0.717) is 24.2 Å². The zero-order valence-corrected chi connectivity index (χ0v) is 19.0.